The summed E-state index contributed by atoms with van der Waals surface area (Å²) in [5.74, 6) is -1.57. The molecule has 1 amide bonds. The van der Waals surface area contributed by atoms with Crippen molar-refractivity contribution in [3.63, 3.8) is 0 Å². The van der Waals surface area contributed by atoms with E-state index in [1.54, 1.807) is 13.0 Å². The number of carboxylic acid groups (broad SMARTS) is 1. The van der Waals surface area contributed by atoms with Crippen LogP contribution in [0.5, 0.6) is 0 Å². The standard InChI is InChI=1S/C10H17NO3/c1-3-5-8(10(13)14)7-11-9(12)6-4-2/h4,6,8H,3,5,7H2,1-2H3,(H,11,12)(H,13,14). The van der Waals surface area contributed by atoms with Gasteiger partial charge in [-0.1, -0.05) is 19.4 Å². The molecule has 0 heterocycles. The molecule has 0 bridgehead atoms. The molecule has 0 aromatic rings. The molecule has 0 saturated heterocycles. The van der Waals surface area contributed by atoms with Gasteiger partial charge in [0.1, 0.15) is 0 Å². The van der Waals surface area contributed by atoms with Gasteiger partial charge in [0, 0.05) is 6.54 Å². The second kappa shape index (κ2) is 7.12. The molecular formula is C10H17NO3. The summed E-state index contributed by atoms with van der Waals surface area (Å²) in [4.78, 5) is 21.7. The van der Waals surface area contributed by atoms with Crippen molar-refractivity contribution >= 4 is 11.9 Å². The van der Waals surface area contributed by atoms with Gasteiger partial charge in [-0.15, -0.1) is 0 Å². The van der Waals surface area contributed by atoms with E-state index in [2.05, 4.69) is 5.32 Å². The molecule has 0 rings (SSSR count). The Balaban J connectivity index is 3.93. The van der Waals surface area contributed by atoms with E-state index in [4.69, 9.17) is 5.11 Å². The van der Waals surface area contributed by atoms with Gasteiger partial charge in [0.05, 0.1) is 5.92 Å². The largest absolute Gasteiger partial charge is 0.481 e. The van der Waals surface area contributed by atoms with E-state index in [1.165, 1.54) is 6.08 Å². The smallest absolute Gasteiger partial charge is 0.308 e. The van der Waals surface area contributed by atoms with Crippen molar-refractivity contribution in [3.05, 3.63) is 12.2 Å². The van der Waals surface area contributed by atoms with Crippen molar-refractivity contribution in [3.8, 4) is 0 Å². The molecule has 0 aromatic carbocycles. The normalized spacial score (nSPS) is 12.7. The highest BCUT2D eigenvalue weighted by Gasteiger charge is 2.16. The molecule has 80 valence electrons. The first-order valence-electron chi connectivity index (χ1n) is 4.75. The van der Waals surface area contributed by atoms with Crippen LogP contribution in [0.2, 0.25) is 0 Å². The number of carboxylic acids is 1. The quantitative estimate of drug-likeness (QED) is 0.631. The van der Waals surface area contributed by atoms with Crippen LogP contribution in [0, 0.1) is 5.92 Å². The molecule has 0 fully saturated rings. The Hall–Kier alpha value is -1.32. The molecule has 0 saturated carbocycles. The first-order chi connectivity index (χ1) is 6.61. The number of allylic oxidation sites excluding steroid dienone is 1. The highest BCUT2D eigenvalue weighted by atomic mass is 16.4. The molecule has 0 aliphatic heterocycles. The number of nitrogens with one attached hydrogen (secondary N) is 1. The molecule has 2 N–H and O–H groups in total. The van der Waals surface area contributed by atoms with E-state index in [0.717, 1.165) is 6.42 Å². The van der Waals surface area contributed by atoms with Crippen molar-refractivity contribution in [1.29, 1.82) is 0 Å². The summed E-state index contributed by atoms with van der Waals surface area (Å²) in [6.45, 7) is 3.86. The van der Waals surface area contributed by atoms with Gasteiger partial charge in [-0.2, -0.15) is 0 Å². The average molecular weight is 199 g/mol. The van der Waals surface area contributed by atoms with Gasteiger partial charge in [0.2, 0.25) is 5.91 Å². The Bertz CT molecular complexity index is 223. The van der Waals surface area contributed by atoms with Crippen LogP contribution in [-0.4, -0.2) is 23.5 Å². The Morgan fingerprint density at radius 3 is 2.57 bits per heavy atom. The topological polar surface area (TPSA) is 66.4 Å². The van der Waals surface area contributed by atoms with E-state index in [9.17, 15) is 9.59 Å². The van der Waals surface area contributed by atoms with Crippen LogP contribution in [-0.2, 0) is 9.59 Å². The van der Waals surface area contributed by atoms with E-state index >= 15 is 0 Å². The number of carbonyl (C=O) groups excluding carboxylic acids is 1. The molecule has 4 heteroatoms. The number of aliphatic carboxylic acids is 1. The Labute approximate surface area is 84.0 Å². The SMILES string of the molecule is CC=CC(=O)NCC(CCC)C(=O)O. The van der Waals surface area contributed by atoms with Crippen LogP contribution in [0.15, 0.2) is 12.2 Å². The fourth-order valence-electron chi connectivity index (χ4n) is 1.10. The van der Waals surface area contributed by atoms with E-state index in [-0.39, 0.29) is 12.5 Å². The third kappa shape index (κ3) is 5.35. The summed E-state index contributed by atoms with van der Waals surface area (Å²) in [5.41, 5.74) is 0. The maximum absolute atomic E-state index is 11.0. The van der Waals surface area contributed by atoms with Crippen LogP contribution in [0.1, 0.15) is 26.7 Å². The van der Waals surface area contributed by atoms with E-state index < -0.39 is 11.9 Å². The zero-order valence-corrected chi connectivity index (χ0v) is 8.62. The van der Waals surface area contributed by atoms with Gasteiger partial charge < -0.3 is 10.4 Å². The number of carbonyl (C=O) groups is 2. The van der Waals surface area contributed by atoms with Crippen molar-refractivity contribution in [2.75, 3.05) is 6.54 Å². The highest BCUT2D eigenvalue weighted by Crippen LogP contribution is 2.04. The van der Waals surface area contributed by atoms with E-state index in [1.807, 2.05) is 6.92 Å². The molecule has 0 radical (unpaired) electrons. The van der Waals surface area contributed by atoms with E-state index in [0.29, 0.717) is 6.42 Å². The summed E-state index contributed by atoms with van der Waals surface area (Å²) in [7, 11) is 0. The first kappa shape index (κ1) is 12.7. The van der Waals surface area contributed by atoms with Crippen molar-refractivity contribution in [2.45, 2.75) is 26.7 Å². The first-order valence-corrected chi connectivity index (χ1v) is 4.75. The number of hydrogen-bond donors (Lipinski definition) is 2. The van der Waals surface area contributed by atoms with Crippen molar-refractivity contribution < 1.29 is 14.7 Å². The Morgan fingerprint density at radius 1 is 1.50 bits per heavy atom. The fourth-order valence-corrected chi connectivity index (χ4v) is 1.10. The molecule has 1 unspecified atom stereocenters. The molecule has 0 aromatic heterocycles. The molecule has 14 heavy (non-hydrogen) atoms. The number of hydrogen-bond acceptors (Lipinski definition) is 2. The van der Waals surface area contributed by atoms with Crippen LogP contribution in [0.25, 0.3) is 0 Å². The van der Waals surface area contributed by atoms with Gasteiger partial charge in [-0.3, -0.25) is 9.59 Å². The zero-order valence-electron chi connectivity index (χ0n) is 8.62. The van der Waals surface area contributed by atoms with Gasteiger partial charge >= 0.3 is 5.97 Å². The summed E-state index contributed by atoms with van der Waals surface area (Å²) >= 11 is 0. The summed E-state index contributed by atoms with van der Waals surface area (Å²) < 4.78 is 0. The van der Waals surface area contributed by atoms with Crippen LogP contribution >= 0.6 is 0 Å². The van der Waals surface area contributed by atoms with Gasteiger partial charge in [0.15, 0.2) is 0 Å². The molecule has 0 spiro atoms. The van der Waals surface area contributed by atoms with Gasteiger partial charge in [0.25, 0.3) is 0 Å². The minimum atomic E-state index is -0.854. The molecule has 0 aliphatic carbocycles. The lowest BCUT2D eigenvalue weighted by Gasteiger charge is -2.10. The summed E-state index contributed by atoms with van der Waals surface area (Å²) in [6, 6.07) is 0. The molecular weight excluding hydrogens is 182 g/mol. The minimum Gasteiger partial charge on any atom is -0.481 e. The lowest BCUT2D eigenvalue weighted by atomic mass is 10.0. The minimum absolute atomic E-state index is 0.201. The maximum atomic E-state index is 11.0. The lowest BCUT2D eigenvalue weighted by molar-refractivity contribution is -0.141. The Morgan fingerprint density at radius 2 is 2.14 bits per heavy atom. The number of amides is 1. The second-order valence-corrected chi connectivity index (χ2v) is 3.07. The monoisotopic (exact) mass is 199 g/mol. The number of rotatable bonds is 6. The predicted octanol–water partition coefficient (Wildman–Crippen LogP) is 1.18. The second-order valence-electron chi connectivity index (χ2n) is 3.07. The average Bonchev–Trinajstić information content (AvgIpc) is 2.12. The van der Waals surface area contributed by atoms with Gasteiger partial charge in [-0.05, 0) is 19.4 Å². The molecule has 0 aliphatic rings. The van der Waals surface area contributed by atoms with Crippen molar-refractivity contribution in [1.82, 2.24) is 5.32 Å². The van der Waals surface area contributed by atoms with Crippen LogP contribution in [0.4, 0.5) is 0 Å². The van der Waals surface area contributed by atoms with Gasteiger partial charge in [-0.25, -0.2) is 0 Å². The molecule has 1 atom stereocenters. The summed E-state index contributed by atoms with van der Waals surface area (Å²) in [6.07, 6.45) is 4.39. The highest BCUT2D eigenvalue weighted by molar-refractivity contribution is 5.87. The fraction of sp³-hybridized carbons (Fsp3) is 0.600. The maximum Gasteiger partial charge on any atom is 0.308 e. The van der Waals surface area contributed by atoms with Crippen LogP contribution in [0.3, 0.4) is 0 Å². The zero-order chi connectivity index (χ0) is 11.0. The summed E-state index contributed by atoms with van der Waals surface area (Å²) in [5, 5.41) is 11.3. The predicted molar refractivity (Wildman–Crippen MR) is 53.9 cm³/mol. The van der Waals surface area contributed by atoms with Crippen molar-refractivity contribution in [2.24, 2.45) is 5.92 Å². The molecule has 4 nitrogen and oxygen atoms in total. The third-order valence-electron chi connectivity index (χ3n) is 1.83. The third-order valence-corrected chi connectivity index (χ3v) is 1.83. The lowest BCUT2D eigenvalue weighted by Crippen LogP contribution is -2.31. The Kier molecular flexibility index (Phi) is 6.45. The van der Waals surface area contributed by atoms with Crippen LogP contribution < -0.4 is 5.32 Å².